The standard InChI is InChI=1S/C25H23N7O2/c1-34-22-4-3-18(27-11-22)12-31-19-6-20(31)14-30(13-19)24-5-2-16(9-28-24)23-7-21(33)15-32-25(23)17(8-26)10-29-32/h2-5,7,9-11,15,19-20,33H,6,12-14H2,1H3. The molecule has 0 saturated carbocycles. The number of rotatable bonds is 5. The first kappa shape index (κ1) is 20.4. The lowest BCUT2D eigenvalue weighted by molar-refractivity contribution is -0.00969. The normalized spacial score (nSPS) is 19.6. The highest BCUT2D eigenvalue weighted by Crippen LogP contribution is 2.36. The lowest BCUT2D eigenvalue weighted by Crippen LogP contribution is -2.68. The molecule has 170 valence electrons. The van der Waals surface area contributed by atoms with E-state index in [1.165, 1.54) is 23.3 Å². The minimum absolute atomic E-state index is 0.0849. The van der Waals surface area contributed by atoms with Crippen molar-refractivity contribution < 1.29 is 9.84 Å². The molecule has 4 aromatic rings. The molecule has 2 unspecified atom stereocenters. The fourth-order valence-corrected chi connectivity index (χ4v) is 5.09. The maximum atomic E-state index is 10.1. The lowest BCUT2D eigenvalue weighted by Gasteiger charge is -2.56. The molecule has 2 bridgehead atoms. The van der Waals surface area contributed by atoms with E-state index in [4.69, 9.17) is 9.72 Å². The molecule has 0 radical (unpaired) electrons. The van der Waals surface area contributed by atoms with Crippen molar-refractivity contribution in [1.29, 1.82) is 5.26 Å². The zero-order valence-electron chi connectivity index (χ0n) is 18.7. The number of piperidine rings is 1. The van der Waals surface area contributed by atoms with E-state index in [1.807, 2.05) is 24.3 Å². The molecule has 3 aliphatic rings. The second kappa shape index (κ2) is 8.01. The van der Waals surface area contributed by atoms with E-state index >= 15 is 0 Å². The van der Waals surface area contributed by atoms with Gasteiger partial charge in [0.05, 0.1) is 42.5 Å². The summed E-state index contributed by atoms with van der Waals surface area (Å²) in [4.78, 5) is 14.1. The number of nitriles is 1. The first-order valence-electron chi connectivity index (χ1n) is 11.2. The summed E-state index contributed by atoms with van der Waals surface area (Å²) in [5.74, 6) is 1.80. The van der Waals surface area contributed by atoms with Crippen LogP contribution in [0.3, 0.4) is 0 Å². The number of aromatic nitrogens is 4. The summed E-state index contributed by atoms with van der Waals surface area (Å²) in [6.07, 6.45) is 7.77. The van der Waals surface area contributed by atoms with Gasteiger partial charge < -0.3 is 14.7 Å². The minimum atomic E-state index is 0.0849. The Morgan fingerprint density at radius 2 is 1.97 bits per heavy atom. The molecule has 3 saturated heterocycles. The van der Waals surface area contributed by atoms with Gasteiger partial charge >= 0.3 is 0 Å². The highest BCUT2D eigenvalue weighted by atomic mass is 16.5. The molecule has 3 fully saturated rings. The molecule has 2 atom stereocenters. The van der Waals surface area contributed by atoms with Gasteiger partial charge in [0.1, 0.15) is 23.4 Å². The summed E-state index contributed by atoms with van der Waals surface area (Å²) in [6, 6.07) is 12.8. The van der Waals surface area contributed by atoms with Crippen LogP contribution in [0.5, 0.6) is 11.5 Å². The van der Waals surface area contributed by atoms with E-state index < -0.39 is 0 Å². The predicted octanol–water partition coefficient (Wildman–Crippen LogP) is 2.84. The van der Waals surface area contributed by atoms with E-state index in [0.29, 0.717) is 23.2 Å². The molecule has 7 heterocycles. The highest BCUT2D eigenvalue weighted by Gasteiger charge is 2.44. The van der Waals surface area contributed by atoms with Gasteiger partial charge in [-0.3, -0.25) is 9.88 Å². The fourth-order valence-electron chi connectivity index (χ4n) is 5.09. The molecule has 0 spiro atoms. The summed E-state index contributed by atoms with van der Waals surface area (Å²) < 4.78 is 6.73. The third-order valence-electron chi connectivity index (χ3n) is 6.82. The predicted molar refractivity (Wildman–Crippen MR) is 126 cm³/mol. The number of aromatic hydroxyl groups is 1. The third-order valence-corrected chi connectivity index (χ3v) is 6.82. The molecule has 0 amide bonds. The van der Waals surface area contributed by atoms with Crippen molar-refractivity contribution >= 4 is 11.3 Å². The molecular weight excluding hydrogens is 430 g/mol. The molecule has 9 nitrogen and oxygen atoms in total. The van der Waals surface area contributed by atoms with Crippen molar-refractivity contribution in [3.05, 3.63) is 66.4 Å². The van der Waals surface area contributed by atoms with Crippen molar-refractivity contribution in [2.75, 3.05) is 25.1 Å². The van der Waals surface area contributed by atoms with Gasteiger partial charge in [-0.25, -0.2) is 9.50 Å². The SMILES string of the molecule is COc1ccc(CN2C3CC2CN(c2ccc(-c4cc(O)cn5ncc(C#N)c45)cn2)C3)nc1. The number of hydrogen-bond acceptors (Lipinski definition) is 8. The average Bonchev–Trinajstić information content (AvgIpc) is 3.30. The Labute approximate surface area is 196 Å². The smallest absolute Gasteiger partial charge is 0.137 e. The quantitative estimate of drug-likeness (QED) is 0.492. The van der Waals surface area contributed by atoms with Crippen LogP contribution >= 0.6 is 0 Å². The van der Waals surface area contributed by atoms with Gasteiger partial charge in [-0.15, -0.1) is 0 Å². The van der Waals surface area contributed by atoms with Gasteiger partial charge in [0.2, 0.25) is 0 Å². The molecule has 0 aromatic carbocycles. The molecule has 3 aliphatic heterocycles. The van der Waals surface area contributed by atoms with E-state index in [1.54, 1.807) is 25.6 Å². The van der Waals surface area contributed by atoms with Crippen LogP contribution in [0.1, 0.15) is 17.7 Å². The van der Waals surface area contributed by atoms with Gasteiger partial charge in [0, 0.05) is 49.0 Å². The zero-order valence-corrected chi connectivity index (χ0v) is 18.7. The van der Waals surface area contributed by atoms with Crippen LogP contribution in [0, 0.1) is 11.3 Å². The Hall–Kier alpha value is -4.16. The van der Waals surface area contributed by atoms with Crippen LogP contribution in [-0.4, -0.2) is 61.9 Å². The summed E-state index contributed by atoms with van der Waals surface area (Å²) in [5.41, 5.74) is 3.74. The number of nitrogens with zero attached hydrogens (tertiary/aromatic N) is 7. The van der Waals surface area contributed by atoms with Crippen molar-refractivity contribution in [1.82, 2.24) is 24.5 Å². The number of pyridine rings is 3. The maximum absolute atomic E-state index is 10.1. The van der Waals surface area contributed by atoms with Crippen LogP contribution in [0.15, 0.2) is 55.1 Å². The Balaban J connectivity index is 1.18. The van der Waals surface area contributed by atoms with Crippen molar-refractivity contribution in [2.45, 2.75) is 25.0 Å². The fraction of sp³-hybridized carbons (Fsp3) is 0.280. The topological polar surface area (TPSA) is 103 Å². The van der Waals surface area contributed by atoms with E-state index in [0.717, 1.165) is 48.0 Å². The third kappa shape index (κ3) is 3.40. The Morgan fingerprint density at radius 3 is 2.65 bits per heavy atom. The Morgan fingerprint density at radius 1 is 1.12 bits per heavy atom. The summed E-state index contributed by atoms with van der Waals surface area (Å²) in [5, 5.41) is 23.7. The van der Waals surface area contributed by atoms with Crippen molar-refractivity contribution in [3.8, 4) is 28.7 Å². The lowest BCUT2D eigenvalue weighted by atomic mass is 9.87. The van der Waals surface area contributed by atoms with Gasteiger partial charge in [-0.1, -0.05) is 0 Å². The van der Waals surface area contributed by atoms with E-state index in [2.05, 4.69) is 26.0 Å². The maximum Gasteiger partial charge on any atom is 0.137 e. The highest BCUT2D eigenvalue weighted by molar-refractivity contribution is 5.85. The van der Waals surface area contributed by atoms with E-state index in [9.17, 15) is 10.4 Å². The first-order chi connectivity index (χ1) is 16.6. The Bertz CT molecular complexity index is 1380. The summed E-state index contributed by atoms with van der Waals surface area (Å²) in [6.45, 7) is 2.70. The number of piperazine rings is 1. The molecule has 1 N–H and O–H groups in total. The molecule has 34 heavy (non-hydrogen) atoms. The van der Waals surface area contributed by atoms with Crippen LogP contribution in [0.25, 0.3) is 16.6 Å². The Kier molecular flexibility index (Phi) is 4.81. The van der Waals surface area contributed by atoms with Crippen LogP contribution in [0.2, 0.25) is 0 Å². The molecule has 9 heteroatoms. The monoisotopic (exact) mass is 453 g/mol. The largest absolute Gasteiger partial charge is 0.506 e. The number of methoxy groups -OCH3 is 1. The number of ether oxygens (including phenoxy) is 1. The molecule has 4 aromatic heterocycles. The minimum Gasteiger partial charge on any atom is -0.506 e. The van der Waals surface area contributed by atoms with Crippen LogP contribution in [0.4, 0.5) is 5.82 Å². The van der Waals surface area contributed by atoms with Gasteiger partial charge in [0.15, 0.2) is 0 Å². The average molecular weight is 454 g/mol. The molecular formula is C25H23N7O2. The van der Waals surface area contributed by atoms with Gasteiger partial charge in [-0.05, 0) is 36.8 Å². The summed E-state index contributed by atoms with van der Waals surface area (Å²) in [7, 11) is 1.65. The molecule has 0 aliphatic carbocycles. The second-order valence-corrected chi connectivity index (χ2v) is 8.79. The first-order valence-corrected chi connectivity index (χ1v) is 11.2. The number of hydrogen-bond donors (Lipinski definition) is 1. The van der Waals surface area contributed by atoms with E-state index in [-0.39, 0.29) is 5.75 Å². The molecule has 7 rings (SSSR count). The van der Waals surface area contributed by atoms with Crippen molar-refractivity contribution in [3.63, 3.8) is 0 Å². The van der Waals surface area contributed by atoms with Crippen molar-refractivity contribution in [2.24, 2.45) is 0 Å². The summed E-state index contributed by atoms with van der Waals surface area (Å²) >= 11 is 0. The van der Waals surface area contributed by atoms with Gasteiger partial charge in [-0.2, -0.15) is 10.4 Å². The second-order valence-electron chi connectivity index (χ2n) is 8.79. The zero-order chi connectivity index (χ0) is 23.2. The number of fused-ring (bicyclic) bond motifs is 3. The van der Waals surface area contributed by atoms with Gasteiger partial charge in [0.25, 0.3) is 0 Å². The number of anilines is 1. The van der Waals surface area contributed by atoms with Crippen LogP contribution in [-0.2, 0) is 6.54 Å². The van der Waals surface area contributed by atoms with Crippen LogP contribution < -0.4 is 9.64 Å².